The first kappa shape index (κ1) is 21.6. The van der Waals surface area contributed by atoms with Gasteiger partial charge in [0.1, 0.15) is 0 Å². The maximum atomic E-state index is 12.5. The molecule has 0 saturated carbocycles. The van der Waals surface area contributed by atoms with Crippen LogP contribution in [0.3, 0.4) is 0 Å². The van der Waals surface area contributed by atoms with Crippen LogP contribution in [0, 0.1) is 11.3 Å². The SMILES string of the molecule is CC(=O)N(CCNS(=O)(=O)c1ccc(C(C)(C)C)cc1)c1ccc(C#N)cc1. The van der Waals surface area contributed by atoms with Crippen LogP contribution < -0.4 is 9.62 Å². The molecule has 7 heteroatoms. The Morgan fingerprint density at radius 3 is 2.11 bits per heavy atom. The summed E-state index contributed by atoms with van der Waals surface area (Å²) in [5, 5.41) is 8.87. The van der Waals surface area contributed by atoms with Crippen molar-refractivity contribution in [3.63, 3.8) is 0 Å². The molecule has 0 spiro atoms. The van der Waals surface area contributed by atoms with Crippen molar-refractivity contribution < 1.29 is 13.2 Å². The minimum atomic E-state index is -3.67. The van der Waals surface area contributed by atoms with Crippen molar-refractivity contribution in [3.8, 4) is 6.07 Å². The predicted octanol–water partition coefficient (Wildman–Crippen LogP) is 3.19. The number of rotatable bonds is 6. The lowest BCUT2D eigenvalue weighted by molar-refractivity contribution is -0.116. The van der Waals surface area contributed by atoms with Crippen molar-refractivity contribution in [2.75, 3.05) is 18.0 Å². The van der Waals surface area contributed by atoms with E-state index in [1.807, 2.05) is 18.2 Å². The Labute approximate surface area is 166 Å². The topological polar surface area (TPSA) is 90.3 Å². The molecule has 0 bridgehead atoms. The van der Waals surface area contributed by atoms with E-state index in [1.54, 1.807) is 36.4 Å². The van der Waals surface area contributed by atoms with Gasteiger partial charge in [0.15, 0.2) is 0 Å². The van der Waals surface area contributed by atoms with Gasteiger partial charge in [-0.25, -0.2) is 13.1 Å². The molecule has 0 heterocycles. The Morgan fingerprint density at radius 2 is 1.64 bits per heavy atom. The summed E-state index contributed by atoms with van der Waals surface area (Å²) in [5.74, 6) is -0.210. The highest BCUT2D eigenvalue weighted by atomic mass is 32.2. The molecule has 0 aromatic heterocycles. The van der Waals surface area contributed by atoms with E-state index in [1.165, 1.54) is 11.8 Å². The van der Waals surface area contributed by atoms with Gasteiger partial charge in [0.25, 0.3) is 0 Å². The van der Waals surface area contributed by atoms with Gasteiger partial charge in [-0.15, -0.1) is 0 Å². The highest BCUT2D eigenvalue weighted by Gasteiger charge is 2.18. The van der Waals surface area contributed by atoms with E-state index in [4.69, 9.17) is 5.26 Å². The van der Waals surface area contributed by atoms with Gasteiger partial charge in [-0.05, 0) is 47.4 Å². The summed E-state index contributed by atoms with van der Waals surface area (Å²) in [6, 6.07) is 15.4. The fourth-order valence-electron chi connectivity index (χ4n) is 2.69. The van der Waals surface area contributed by atoms with Crippen LogP contribution in [-0.2, 0) is 20.2 Å². The lowest BCUT2D eigenvalue weighted by Crippen LogP contribution is -2.37. The normalized spacial score (nSPS) is 11.7. The van der Waals surface area contributed by atoms with Gasteiger partial charge in [0.05, 0.1) is 16.5 Å². The van der Waals surface area contributed by atoms with Crippen LogP contribution in [0.1, 0.15) is 38.8 Å². The summed E-state index contributed by atoms with van der Waals surface area (Å²) in [7, 11) is -3.67. The van der Waals surface area contributed by atoms with Gasteiger partial charge in [0, 0.05) is 25.7 Å². The van der Waals surface area contributed by atoms with E-state index in [0.29, 0.717) is 11.3 Å². The van der Waals surface area contributed by atoms with E-state index in [9.17, 15) is 13.2 Å². The van der Waals surface area contributed by atoms with E-state index in [2.05, 4.69) is 25.5 Å². The Hall–Kier alpha value is -2.69. The largest absolute Gasteiger partial charge is 0.311 e. The molecular formula is C21H25N3O3S. The molecule has 6 nitrogen and oxygen atoms in total. The summed E-state index contributed by atoms with van der Waals surface area (Å²) in [6.07, 6.45) is 0. The first-order valence-corrected chi connectivity index (χ1v) is 10.4. The molecule has 0 atom stereocenters. The first-order valence-electron chi connectivity index (χ1n) is 8.93. The lowest BCUT2D eigenvalue weighted by Gasteiger charge is -2.22. The molecule has 0 aliphatic rings. The number of nitriles is 1. The molecule has 28 heavy (non-hydrogen) atoms. The van der Waals surface area contributed by atoms with Crippen LogP contribution >= 0.6 is 0 Å². The molecule has 0 unspecified atom stereocenters. The highest BCUT2D eigenvalue weighted by molar-refractivity contribution is 7.89. The van der Waals surface area contributed by atoms with Crippen LogP contribution in [-0.4, -0.2) is 27.4 Å². The van der Waals surface area contributed by atoms with Gasteiger partial charge >= 0.3 is 0 Å². The maximum absolute atomic E-state index is 12.5. The first-order chi connectivity index (χ1) is 13.0. The van der Waals surface area contributed by atoms with Crippen molar-refractivity contribution >= 4 is 21.6 Å². The Kier molecular flexibility index (Phi) is 6.60. The molecule has 1 amide bonds. The van der Waals surface area contributed by atoms with Crippen molar-refractivity contribution in [2.24, 2.45) is 0 Å². The second kappa shape index (κ2) is 8.55. The molecular weight excluding hydrogens is 374 g/mol. The van der Waals surface area contributed by atoms with Crippen LogP contribution in [0.4, 0.5) is 5.69 Å². The zero-order valence-corrected chi connectivity index (χ0v) is 17.4. The Morgan fingerprint density at radius 1 is 1.07 bits per heavy atom. The summed E-state index contributed by atoms with van der Waals surface area (Å²) >= 11 is 0. The van der Waals surface area contributed by atoms with Crippen molar-refractivity contribution in [2.45, 2.75) is 38.0 Å². The van der Waals surface area contributed by atoms with Crippen LogP contribution in [0.25, 0.3) is 0 Å². The van der Waals surface area contributed by atoms with Gasteiger partial charge in [-0.3, -0.25) is 4.79 Å². The number of sulfonamides is 1. The minimum absolute atomic E-state index is 0.0567. The number of anilines is 1. The standard InChI is InChI=1S/C21H25N3O3S/c1-16(25)24(19-9-5-17(15-22)6-10-19)14-13-23-28(26,27)20-11-7-18(8-12-20)21(2,3)4/h5-12,23H,13-14H2,1-4H3. The molecule has 0 aliphatic heterocycles. The molecule has 2 aromatic carbocycles. The third kappa shape index (κ3) is 5.41. The molecule has 1 N–H and O–H groups in total. The molecule has 0 radical (unpaired) electrons. The third-order valence-electron chi connectivity index (χ3n) is 4.35. The van der Waals surface area contributed by atoms with E-state index in [0.717, 1.165) is 5.56 Å². The number of nitrogens with one attached hydrogen (secondary N) is 1. The van der Waals surface area contributed by atoms with Gasteiger partial charge in [0.2, 0.25) is 15.9 Å². The van der Waals surface area contributed by atoms with Crippen molar-refractivity contribution in [1.29, 1.82) is 5.26 Å². The molecule has 0 aliphatic carbocycles. The number of carbonyl (C=O) groups excluding carboxylic acids is 1. The second-order valence-electron chi connectivity index (χ2n) is 7.50. The highest BCUT2D eigenvalue weighted by Crippen LogP contribution is 2.23. The monoisotopic (exact) mass is 399 g/mol. The fourth-order valence-corrected chi connectivity index (χ4v) is 3.71. The number of benzene rings is 2. The van der Waals surface area contributed by atoms with E-state index in [-0.39, 0.29) is 29.3 Å². The molecule has 0 saturated heterocycles. The van der Waals surface area contributed by atoms with Crippen molar-refractivity contribution in [3.05, 3.63) is 59.7 Å². The summed E-state index contributed by atoms with van der Waals surface area (Å²) in [5.41, 5.74) is 2.10. The maximum Gasteiger partial charge on any atom is 0.240 e. The van der Waals surface area contributed by atoms with Crippen molar-refractivity contribution in [1.82, 2.24) is 4.72 Å². The average molecular weight is 400 g/mol. The van der Waals surface area contributed by atoms with Crippen LogP contribution in [0.15, 0.2) is 53.4 Å². The number of amides is 1. The Bertz CT molecular complexity index is 968. The van der Waals surface area contributed by atoms with Crippen LogP contribution in [0.5, 0.6) is 0 Å². The quantitative estimate of drug-likeness (QED) is 0.808. The average Bonchev–Trinajstić information content (AvgIpc) is 2.64. The number of nitrogens with zero attached hydrogens (tertiary/aromatic N) is 2. The van der Waals surface area contributed by atoms with Crippen LogP contribution in [0.2, 0.25) is 0 Å². The predicted molar refractivity (Wildman–Crippen MR) is 110 cm³/mol. The fraction of sp³-hybridized carbons (Fsp3) is 0.333. The zero-order chi connectivity index (χ0) is 20.9. The lowest BCUT2D eigenvalue weighted by atomic mass is 9.87. The molecule has 2 aromatic rings. The number of hydrogen-bond acceptors (Lipinski definition) is 4. The summed E-state index contributed by atoms with van der Waals surface area (Å²) < 4.78 is 27.6. The summed E-state index contributed by atoms with van der Waals surface area (Å²) in [4.78, 5) is 13.6. The summed E-state index contributed by atoms with van der Waals surface area (Å²) in [6.45, 7) is 7.86. The van der Waals surface area contributed by atoms with Gasteiger partial charge < -0.3 is 4.90 Å². The second-order valence-corrected chi connectivity index (χ2v) is 9.27. The molecule has 148 valence electrons. The number of hydrogen-bond donors (Lipinski definition) is 1. The number of carbonyl (C=O) groups is 1. The zero-order valence-electron chi connectivity index (χ0n) is 16.6. The molecule has 0 fully saturated rings. The van der Waals surface area contributed by atoms with Gasteiger partial charge in [-0.2, -0.15) is 5.26 Å². The smallest absolute Gasteiger partial charge is 0.240 e. The van der Waals surface area contributed by atoms with Gasteiger partial charge in [-0.1, -0.05) is 32.9 Å². The third-order valence-corrected chi connectivity index (χ3v) is 5.82. The molecule has 2 rings (SSSR count). The minimum Gasteiger partial charge on any atom is -0.311 e. The van der Waals surface area contributed by atoms with E-state index >= 15 is 0 Å². The van der Waals surface area contributed by atoms with E-state index < -0.39 is 10.0 Å². The Balaban J connectivity index is 2.06.